The van der Waals surface area contributed by atoms with Gasteiger partial charge in [-0.1, -0.05) is 13.8 Å². The Morgan fingerprint density at radius 3 is 2.50 bits per heavy atom. The molecule has 0 bridgehead atoms. The molecule has 3 nitrogen and oxygen atoms in total. The number of carbonyl (C=O) groups excluding carboxylic acids is 1. The minimum Gasteiger partial charge on any atom is -0.374 e. The Morgan fingerprint density at radius 1 is 1.38 bits per heavy atom. The van der Waals surface area contributed by atoms with E-state index in [1.165, 1.54) is 0 Å². The lowest BCUT2D eigenvalue weighted by Gasteiger charge is -2.36. The van der Waals surface area contributed by atoms with Crippen molar-refractivity contribution in [3.63, 3.8) is 0 Å². The minimum absolute atomic E-state index is 0.121. The van der Waals surface area contributed by atoms with Gasteiger partial charge in [0.15, 0.2) is 5.78 Å². The Kier molecular flexibility index (Phi) is 5.42. The van der Waals surface area contributed by atoms with E-state index in [-0.39, 0.29) is 12.4 Å². The Hall–Kier alpha value is -0.410. The first-order valence-electron chi connectivity index (χ1n) is 6.31. The van der Waals surface area contributed by atoms with E-state index >= 15 is 0 Å². The third kappa shape index (κ3) is 3.29. The van der Waals surface area contributed by atoms with E-state index in [0.29, 0.717) is 12.5 Å². The van der Waals surface area contributed by atoms with Gasteiger partial charge in [0.25, 0.3) is 0 Å². The summed E-state index contributed by atoms with van der Waals surface area (Å²) < 4.78 is 10.8. The Morgan fingerprint density at radius 2 is 2.00 bits per heavy atom. The highest BCUT2D eigenvalue weighted by atomic mass is 16.5. The van der Waals surface area contributed by atoms with Crippen LogP contribution in [0.15, 0.2) is 0 Å². The van der Waals surface area contributed by atoms with Gasteiger partial charge in [0.05, 0.1) is 0 Å². The molecule has 0 amide bonds. The summed E-state index contributed by atoms with van der Waals surface area (Å²) in [4.78, 5) is 12.1. The summed E-state index contributed by atoms with van der Waals surface area (Å²) in [6.45, 7) is 5.13. The molecule has 0 aromatic rings. The highest BCUT2D eigenvalue weighted by Gasteiger charge is 2.40. The van der Waals surface area contributed by atoms with E-state index in [4.69, 9.17) is 9.47 Å². The second-order valence-corrected chi connectivity index (χ2v) is 4.86. The maximum absolute atomic E-state index is 12.1. The average molecular weight is 228 g/mol. The highest BCUT2D eigenvalue weighted by molar-refractivity contribution is 5.88. The molecule has 0 radical (unpaired) electrons. The van der Waals surface area contributed by atoms with Crippen molar-refractivity contribution in [2.45, 2.75) is 51.6 Å². The van der Waals surface area contributed by atoms with Crippen molar-refractivity contribution in [3.05, 3.63) is 0 Å². The van der Waals surface area contributed by atoms with Crippen molar-refractivity contribution in [2.75, 3.05) is 20.3 Å². The quantitative estimate of drug-likeness (QED) is 0.655. The third-order valence-corrected chi connectivity index (χ3v) is 3.56. The van der Waals surface area contributed by atoms with Crippen LogP contribution in [0.4, 0.5) is 0 Å². The van der Waals surface area contributed by atoms with Crippen LogP contribution in [0, 0.1) is 5.92 Å². The third-order valence-electron chi connectivity index (χ3n) is 3.56. The number of carbonyl (C=O) groups is 1. The van der Waals surface area contributed by atoms with Gasteiger partial charge < -0.3 is 9.47 Å². The van der Waals surface area contributed by atoms with E-state index in [9.17, 15) is 4.79 Å². The molecular formula is C13H24O3. The molecular weight excluding hydrogens is 204 g/mol. The summed E-state index contributed by atoms with van der Waals surface area (Å²) in [7, 11) is 1.65. The molecule has 1 fully saturated rings. The van der Waals surface area contributed by atoms with Gasteiger partial charge in [0.1, 0.15) is 12.2 Å². The van der Waals surface area contributed by atoms with Crippen molar-refractivity contribution in [1.29, 1.82) is 0 Å². The van der Waals surface area contributed by atoms with Crippen LogP contribution in [0.5, 0.6) is 0 Å². The molecule has 1 aliphatic carbocycles. The van der Waals surface area contributed by atoms with E-state index < -0.39 is 5.60 Å². The largest absolute Gasteiger partial charge is 0.374 e. The first-order chi connectivity index (χ1) is 7.64. The Labute approximate surface area is 98.5 Å². The standard InChI is InChI=1S/C13H24O3/c1-4-9-16-10-12(14)13(15-3)7-5-11(2)6-8-13/h11H,4-10H2,1-3H3. The van der Waals surface area contributed by atoms with Crippen LogP contribution < -0.4 is 0 Å². The minimum atomic E-state index is -0.555. The average Bonchev–Trinajstić information content (AvgIpc) is 2.31. The molecule has 0 heterocycles. The molecule has 0 N–H and O–H groups in total. The predicted octanol–water partition coefficient (Wildman–Crippen LogP) is 2.58. The molecule has 0 unspecified atom stereocenters. The molecule has 1 aliphatic rings. The van der Waals surface area contributed by atoms with E-state index in [0.717, 1.165) is 32.1 Å². The smallest absolute Gasteiger partial charge is 0.190 e. The van der Waals surface area contributed by atoms with Gasteiger partial charge >= 0.3 is 0 Å². The Balaban J connectivity index is 2.48. The molecule has 0 saturated heterocycles. The summed E-state index contributed by atoms with van der Waals surface area (Å²) in [6, 6.07) is 0. The first kappa shape index (κ1) is 13.7. The zero-order chi connectivity index (χ0) is 12.0. The van der Waals surface area contributed by atoms with Gasteiger partial charge in [0, 0.05) is 13.7 Å². The molecule has 0 atom stereocenters. The summed E-state index contributed by atoms with van der Waals surface area (Å²) in [5.74, 6) is 0.836. The summed E-state index contributed by atoms with van der Waals surface area (Å²) in [6.07, 6.45) is 4.79. The Bertz CT molecular complexity index is 217. The van der Waals surface area contributed by atoms with Gasteiger partial charge in [-0.2, -0.15) is 0 Å². The summed E-state index contributed by atoms with van der Waals surface area (Å²) >= 11 is 0. The van der Waals surface area contributed by atoms with Crippen LogP contribution in [-0.2, 0) is 14.3 Å². The van der Waals surface area contributed by atoms with Gasteiger partial charge in [-0.3, -0.25) is 4.79 Å². The number of rotatable bonds is 6. The number of hydrogen-bond acceptors (Lipinski definition) is 3. The molecule has 3 heteroatoms. The second-order valence-electron chi connectivity index (χ2n) is 4.86. The van der Waals surface area contributed by atoms with Crippen LogP contribution in [-0.4, -0.2) is 31.7 Å². The molecule has 0 aliphatic heterocycles. The second kappa shape index (κ2) is 6.36. The van der Waals surface area contributed by atoms with E-state index in [2.05, 4.69) is 6.92 Å². The van der Waals surface area contributed by atoms with Crippen LogP contribution in [0.2, 0.25) is 0 Å². The molecule has 0 spiro atoms. The van der Waals surface area contributed by atoms with Crippen LogP contribution in [0.1, 0.15) is 46.0 Å². The van der Waals surface area contributed by atoms with Crippen LogP contribution in [0.25, 0.3) is 0 Å². The van der Waals surface area contributed by atoms with Crippen molar-refractivity contribution < 1.29 is 14.3 Å². The maximum Gasteiger partial charge on any atom is 0.190 e. The fourth-order valence-electron chi connectivity index (χ4n) is 2.27. The molecule has 16 heavy (non-hydrogen) atoms. The monoisotopic (exact) mass is 228 g/mol. The summed E-state index contributed by atoms with van der Waals surface area (Å²) in [5, 5.41) is 0. The van der Waals surface area contributed by atoms with Gasteiger partial charge in [-0.25, -0.2) is 0 Å². The van der Waals surface area contributed by atoms with Gasteiger partial charge in [-0.15, -0.1) is 0 Å². The molecule has 94 valence electrons. The van der Waals surface area contributed by atoms with E-state index in [1.807, 2.05) is 6.92 Å². The lowest BCUT2D eigenvalue weighted by atomic mass is 9.77. The predicted molar refractivity (Wildman–Crippen MR) is 63.5 cm³/mol. The number of hydrogen-bond donors (Lipinski definition) is 0. The van der Waals surface area contributed by atoms with Crippen molar-refractivity contribution in [1.82, 2.24) is 0 Å². The van der Waals surface area contributed by atoms with Crippen molar-refractivity contribution in [3.8, 4) is 0 Å². The first-order valence-corrected chi connectivity index (χ1v) is 6.31. The zero-order valence-electron chi connectivity index (χ0n) is 10.8. The highest BCUT2D eigenvalue weighted by Crippen LogP contribution is 2.35. The zero-order valence-corrected chi connectivity index (χ0v) is 10.8. The van der Waals surface area contributed by atoms with Gasteiger partial charge in [-0.05, 0) is 38.0 Å². The number of ketones is 1. The number of methoxy groups -OCH3 is 1. The summed E-state index contributed by atoms with van der Waals surface area (Å²) in [5.41, 5.74) is -0.555. The molecule has 1 saturated carbocycles. The molecule has 1 rings (SSSR count). The maximum atomic E-state index is 12.1. The molecule has 0 aromatic carbocycles. The normalized spacial score (nSPS) is 30.3. The van der Waals surface area contributed by atoms with Crippen molar-refractivity contribution >= 4 is 5.78 Å². The van der Waals surface area contributed by atoms with Crippen molar-refractivity contribution in [2.24, 2.45) is 5.92 Å². The number of ether oxygens (including phenoxy) is 2. The topological polar surface area (TPSA) is 35.5 Å². The fourth-order valence-corrected chi connectivity index (χ4v) is 2.27. The van der Waals surface area contributed by atoms with Crippen LogP contribution >= 0.6 is 0 Å². The SMILES string of the molecule is CCCOCC(=O)C1(OC)CCC(C)CC1. The lowest BCUT2D eigenvalue weighted by Crippen LogP contribution is -2.45. The fraction of sp³-hybridized carbons (Fsp3) is 0.923. The molecule has 0 aromatic heterocycles. The number of Topliss-reactive ketones (excluding diaryl/α,β-unsaturated/α-hetero) is 1. The van der Waals surface area contributed by atoms with E-state index in [1.54, 1.807) is 7.11 Å². The van der Waals surface area contributed by atoms with Gasteiger partial charge in [0.2, 0.25) is 0 Å². The lowest BCUT2D eigenvalue weighted by molar-refractivity contribution is -0.151. The van der Waals surface area contributed by atoms with Crippen LogP contribution in [0.3, 0.4) is 0 Å².